The van der Waals surface area contributed by atoms with Gasteiger partial charge in [0.05, 0.1) is 6.20 Å². The van der Waals surface area contributed by atoms with Gasteiger partial charge in [-0.15, -0.1) is 0 Å². The number of nitrogens with one attached hydrogen (secondary N) is 1. The zero-order valence-corrected chi connectivity index (χ0v) is 6.60. The summed E-state index contributed by atoms with van der Waals surface area (Å²) in [5.41, 5.74) is 3.60. The van der Waals surface area contributed by atoms with Crippen LogP contribution in [0.4, 0.5) is 0 Å². The molecule has 0 aliphatic carbocycles. The first-order valence-electron chi connectivity index (χ1n) is 3.35. The van der Waals surface area contributed by atoms with Crippen molar-refractivity contribution in [1.82, 2.24) is 10.2 Å². The molecule has 0 spiro atoms. The summed E-state index contributed by atoms with van der Waals surface area (Å²) in [5.74, 6) is 0. The van der Waals surface area contributed by atoms with E-state index >= 15 is 0 Å². The third kappa shape index (κ3) is 1.47. The Bertz CT molecular complexity index is 242. The van der Waals surface area contributed by atoms with Gasteiger partial charge in [0.2, 0.25) is 0 Å². The molecule has 1 aromatic heterocycles. The van der Waals surface area contributed by atoms with Crippen molar-refractivity contribution in [3.63, 3.8) is 0 Å². The van der Waals surface area contributed by atoms with Crippen molar-refractivity contribution in [1.29, 1.82) is 0 Å². The molecule has 0 aliphatic rings. The van der Waals surface area contributed by atoms with E-state index in [9.17, 15) is 0 Å². The van der Waals surface area contributed by atoms with Crippen LogP contribution in [-0.2, 0) is 0 Å². The van der Waals surface area contributed by atoms with E-state index in [2.05, 4.69) is 30.1 Å². The van der Waals surface area contributed by atoms with Crippen molar-refractivity contribution in [3.8, 4) is 0 Å². The van der Waals surface area contributed by atoms with Gasteiger partial charge in [0.15, 0.2) is 0 Å². The molecule has 2 nitrogen and oxygen atoms in total. The highest BCUT2D eigenvalue weighted by Gasteiger charge is 1.93. The maximum Gasteiger partial charge on any atom is 0.0562 e. The highest BCUT2D eigenvalue weighted by Crippen LogP contribution is 2.07. The average Bonchev–Trinajstić information content (AvgIpc) is 2.15. The van der Waals surface area contributed by atoms with E-state index in [0.717, 1.165) is 5.69 Å². The molecular formula is C8H12N2. The van der Waals surface area contributed by atoms with Crippen LogP contribution in [0.3, 0.4) is 0 Å². The molecule has 0 radical (unpaired) electrons. The van der Waals surface area contributed by atoms with E-state index in [4.69, 9.17) is 0 Å². The predicted molar refractivity (Wildman–Crippen MR) is 42.6 cm³/mol. The summed E-state index contributed by atoms with van der Waals surface area (Å²) in [6.45, 7) is 6.17. The molecule has 54 valence electrons. The average molecular weight is 136 g/mol. The normalized spacial score (nSPS) is 9.50. The first-order valence-corrected chi connectivity index (χ1v) is 3.35. The lowest BCUT2D eigenvalue weighted by Crippen LogP contribution is -1.74. The smallest absolute Gasteiger partial charge is 0.0562 e. The Labute approximate surface area is 61.0 Å². The molecule has 0 saturated heterocycles. The zero-order valence-electron chi connectivity index (χ0n) is 6.60. The molecule has 2 heteroatoms. The number of nitrogens with zero attached hydrogens (tertiary/aromatic N) is 1. The third-order valence-electron chi connectivity index (χ3n) is 1.31. The second-order valence-electron chi connectivity index (χ2n) is 2.67. The van der Waals surface area contributed by atoms with Gasteiger partial charge in [-0.25, -0.2) is 0 Å². The van der Waals surface area contributed by atoms with Crippen LogP contribution in [0.15, 0.2) is 11.8 Å². The number of allylic oxidation sites excluding steroid dienone is 1. The van der Waals surface area contributed by atoms with Gasteiger partial charge >= 0.3 is 0 Å². The quantitative estimate of drug-likeness (QED) is 0.629. The molecule has 0 fully saturated rings. The van der Waals surface area contributed by atoms with E-state index in [1.165, 1.54) is 11.1 Å². The second kappa shape index (κ2) is 2.69. The highest BCUT2D eigenvalue weighted by molar-refractivity contribution is 5.52. The van der Waals surface area contributed by atoms with Crippen molar-refractivity contribution in [2.24, 2.45) is 0 Å². The first-order chi connectivity index (χ1) is 4.70. The predicted octanol–water partition coefficient (Wildman–Crippen LogP) is 2.14. The van der Waals surface area contributed by atoms with E-state index in [1.54, 1.807) is 0 Å². The third-order valence-corrected chi connectivity index (χ3v) is 1.31. The summed E-state index contributed by atoms with van der Waals surface area (Å²) >= 11 is 0. The summed E-state index contributed by atoms with van der Waals surface area (Å²) in [7, 11) is 0. The number of hydrogen-bond acceptors (Lipinski definition) is 1. The van der Waals surface area contributed by atoms with Gasteiger partial charge in [0.1, 0.15) is 0 Å². The Kier molecular flexibility index (Phi) is 1.90. The number of aromatic nitrogens is 2. The SMILES string of the molecule is CC(C)=Cc1cn[nH]c1C. The minimum atomic E-state index is 1.13. The van der Waals surface area contributed by atoms with Crippen LogP contribution in [0.1, 0.15) is 25.1 Å². The van der Waals surface area contributed by atoms with Gasteiger partial charge < -0.3 is 0 Å². The van der Waals surface area contributed by atoms with Crippen molar-refractivity contribution >= 4 is 6.08 Å². The fraction of sp³-hybridized carbons (Fsp3) is 0.375. The molecule has 1 heterocycles. The van der Waals surface area contributed by atoms with Crippen LogP contribution in [0.2, 0.25) is 0 Å². The lowest BCUT2D eigenvalue weighted by molar-refractivity contribution is 1.05. The number of hydrogen-bond donors (Lipinski definition) is 1. The topological polar surface area (TPSA) is 28.7 Å². The molecule has 1 aromatic rings. The minimum Gasteiger partial charge on any atom is -0.282 e. The monoisotopic (exact) mass is 136 g/mol. The lowest BCUT2D eigenvalue weighted by Gasteiger charge is -1.89. The maximum absolute atomic E-state index is 3.91. The Hall–Kier alpha value is -1.05. The molecule has 0 unspecified atom stereocenters. The molecular weight excluding hydrogens is 124 g/mol. The van der Waals surface area contributed by atoms with Crippen LogP contribution < -0.4 is 0 Å². The molecule has 10 heavy (non-hydrogen) atoms. The fourth-order valence-corrected chi connectivity index (χ4v) is 0.817. The zero-order chi connectivity index (χ0) is 7.56. The van der Waals surface area contributed by atoms with Crippen molar-refractivity contribution in [3.05, 3.63) is 23.0 Å². The molecule has 0 amide bonds. The van der Waals surface area contributed by atoms with Gasteiger partial charge in [-0.1, -0.05) is 11.6 Å². The second-order valence-corrected chi connectivity index (χ2v) is 2.67. The van der Waals surface area contributed by atoms with E-state index in [-0.39, 0.29) is 0 Å². The van der Waals surface area contributed by atoms with Crippen LogP contribution in [0.5, 0.6) is 0 Å². The van der Waals surface area contributed by atoms with Gasteiger partial charge in [0.25, 0.3) is 0 Å². The number of rotatable bonds is 1. The van der Waals surface area contributed by atoms with Gasteiger partial charge in [-0.2, -0.15) is 5.10 Å². The van der Waals surface area contributed by atoms with Crippen LogP contribution >= 0.6 is 0 Å². The van der Waals surface area contributed by atoms with Gasteiger partial charge in [-0.3, -0.25) is 5.10 Å². The summed E-state index contributed by atoms with van der Waals surface area (Å²) < 4.78 is 0. The molecule has 0 bridgehead atoms. The summed E-state index contributed by atoms with van der Waals surface area (Å²) in [6, 6.07) is 0. The van der Waals surface area contributed by atoms with Crippen LogP contribution in [0.25, 0.3) is 6.08 Å². The lowest BCUT2D eigenvalue weighted by atomic mass is 10.2. The summed E-state index contributed by atoms with van der Waals surface area (Å²) in [6.07, 6.45) is 3.95. The molecule has 0 saturated carbocycles. The van der Waals surface area contributed by atoms with E-state index < -0.39 is 0 Å². The molecule has 0 aliphatic heterocycles. The molecule has 0 atom stereocenters. The maximum atomic E-state index is 3.91. The largest absolute Gasteiger partial charge is 0.282 e. The summed E-state index contributed by atoms with van der Waals surface area (Å²) in [5, 5.41) is 6.78. The molecule has 0 aromatic carbocycles. The summed E-state index contributed by atoms with van der Waals surface area (Å²) in [4.78, 5) is 0. The van der Waals surface area contributed by atoms with Gasteiger partial charge in [-0.05, 0) is 20.8 Å². The fourth-order valence-electron chi connectivity index (χ4n) is 0.817. The van der Waals surface area contributed by atoms with Gasteiger partial charge in [0, 0.05) is 11.3 Å². The minimum absolute atomic E-state index is 1.13. The van der Waals surface area contributed by atoms with E-state index in [1.807, 2.05) is 13.1 Å². The molecule has 1 N–H and O–H groups in total. The standard InChI is InChI=1S/C8H12N2/c1-6(2)4-8-5-9-10-7(8)3/h4-5H,1-3H3,(H,9,10). The Morgan fingerprint density at radius 1 is 1.60 bits per heavy atom. The van der Waals surface area contributed by atoms with Crippen molar-refractivity contribution in [2.75, 3.05) is 0 Å². The van der Waals surface area contributed by atoms with Crippen LogP contribution in [-0.4, -0.2) is 10.2 Å². The Morgan fingerprint density at radius 3 is 2.70 bits per heavy atom. The molecule has 1 rings (SSSR count). The Balaban J connectivity index is 2.95. The number of aryl methyl sites for hydroxylation is 1. The van der Waals surface area contributed by atoms with E-state index in [0.29, 0.717) is 0 Å². The van der Waals surface area contributed by atoms with Crippen molar-refractivity contribution < 1.29 is 0 Å². The number of H-pyrrole nitrogens is 1. The first kappa shape index (κ1) is 7.06. The van der Waals surface area contributed by atoms with Crippen molar-refractivity contribution in [2.45, 2.75) is 20.8 Å². The highest BCUT2D eigenvalue weighted by atomic mass is 15.1. The number of aromatic amines is 1. The Morgan fingerprint density at radius 2 is 2.30 bits per heavy atom. The van der Waals surface area contributed by atoms with Crippen LogP contribution in [0, 0.1) is 6.92 Å².